The zero-order chi connectivity index (χ0) is 14.0. The van der Waals surface area contributed by atoms with E-state index in [0.717, 1.165) is 12.1 Å². The van der Waals surface area contributed by atoms with Crippen molar-refractivity contribution in [2.45, 2.75) is 13.3 Å². The fourth-order valence-corrected chi connectivity index (χ4v) is 2.43. The van der Waals surface area contributed by atoms with Crippen LogP contribution in [0.1, 0.15) is 12.5 Å². The highest BCUT2D eigenvalue weighted by molar-refractivity contribution is 14.1. The van der Waals surface area contributed by atoms with Gasteiger partial charge in [-0.15, -0.1) is 0 Å². The average molecular weight is 370 g/mol. The van der Waals surface area contributed by atoms with Crippen molar-refractivity contribution >= 4 is 39.7 Å². The molecule has 0 spiro atoms. The van der Waals surface area contributed by atoms with Crippen LogP contribution in [0, 0.1) is 9.39 Å². The Balaban J connectivity index is 2.37. The fraction of sp³-hybridized carbons (Fsp3) is 0.200. The molecular weight excluding hydrogens is 354 g/mol. The Labute approximate surface area is 126 Å². The molecular formula is C15H16FIN2. The van der Waals surface area contributed by atoms with Gasteiger partial charge in [-0.3, -0.25) is 0 Å². The van der Waals surface area contributed by atoms with Crippen molar-refractivity contribution < 1.29 is 4.39 Å². The number of aryl methyl sites for hydroxylation is 1. The molecule has 0 atom stereocenters. The molecule has 2 nitrogen and oxygen atoms in total. The number of hydrogen-bond donors (Lipinski definition) is 1. The van der Waals surface area contributed by atoms with E-state index >= 15 is 0 Å². The molecule has 0 bridgehead atoms. The third-order valence-electron chi connectivity index (χ3n) is 3.16. The van der Waals surface area contributed by atoms with E-state index in [1.807, 2.05) is 46.7 Å². The molecule has 0 aromatic heterocycles. The Hall–Kier alpha value is -1.30. The topological polar surface area (TPSA) is 29.3 Å². The monoisotopic (exact) mass is 370 g/mol. The summed E-state index contributed by atoms with van der Waals surface area (Å²) in [5, 5.41) is 0. The number of hydrogen-bond acceptors (Lipinski definition) is 2. The summed E-state index contributed by atoms with van der Waals surface area (Å²) in [7, 11) is 1.89. The van der Waals surface area contributed by atoms with Crippen LogP contribution in [0.3, 0.4) is 0 Å². The first kappa shape index (κ1) is 14.1. The van der Waals surface area contributed by atoms with Gasteiger partial charge in [0, 0.05) is 18.8 Å². The predicted octanol–water partition coefficient (Wildman–Crippen LogP) is 4.34. The van der Waals surface area contributed by atoms with Crippen LogP contribution in [0.5, 0.6) is 0 Å². The number of rotatable bonds is 3. The molecule has 0 aliphatic heterocycles. The van der Waals surface area contributed by atoms with Gasteiger partial charge in [-0.25, -0.2) is 4.39 Å². The Kier molecular flexibility index (Phi) is 4.29. The molecule has 0 saturated heterocycles. The second-order valence-corrected chi connectivity index (χ2v) is 5.57. The maximum absolute atomic E-state index is 13.7. The Morgan fingerprint density at radius 1 is 1.21 bits per heavy atom. The highest BCUT2D eigenvalue weighted by Gasteiger charge is 2.11. The molecule has 0 aliphatic rings. The molecule has 100 valence electrons. The highest BCUT2D eigenvalue weighted by atomic mass is 127. The van der Waals surface area contributed by atoms with Crippen molar-refractivity contribution in [3.63, 3.8) is 0 Å². The van der Waals surface area contributed by atoms with E-state index in [0.29, 0.717) is 14.9 Å². The lowest BCUT2D eigenvalue weighted by atomic mass is 10.1. The van der Waals surface area contributed by atoms with Gasteiger partial charge in [0.25, 0.3) is 0 Å². The molecule has 4 heteroatoms. The average Bonchev–Trinajstić information content (AvgIpc) is 2.42. The zero-order valence-corrected chi connectivity index (χ0v) is 13.1. The van der Waals surface area contributed by atoms with Gasteiger partial charge in [-0.2, -0.15) is 0 Å². The maximum Gasteiger partial charge on any atom is 0.138 e. The molecule has 2 rings (SSSR count). The second-order valence-electron chi connectivity index (χ2n) is 4.40. The summed E-state index contributed by atoms with van der Waals surface area (Å²) in [6.07, 6.45) is 1.00. The van der Waals surface area contributed by atoms with Gasteiger partial charge in [-0.05, 0) is 52.8 Å². The van der Waals surface area contributed by atoms with E-state index in [4.69, 9.17) is 5.73 Å². The lowest BCUT2D eigenvalue weighted by Gasteiger charge is -2.22. The smallest absolute Gasteiger partial charge is 0.138 e. The standard InChI is InChI=1S/C15H16FIN2/c1-3-10-4-6-11(7-5-10)19(2)15-8-12(16)13(17)9-14(15)18/h4-9H,3,18H2,1-2H3. The van der Waals surface area contributed by atoms with Crippen LogP contribution >= 0.6 is 22.6 Å². The predicted molar refractivity (Wildman–Crippen MR) is 87.4 cm³/mol. The SMILES string of the molecule is CCc1ccc(N(C)c2cc(F)c(I)cc2N)cc1. The van der Waals surface area contributed by atoms with Crippen molar-refractivity contribution in [3.8, 4) is 0 Å². The van der Waals surface area contributed by atoms with E-state index in [1.54, 1.807) is 6.07 Å². The van der Waals surface area contributed by atoms with Crippen molar-refractivity contribution in [2.75, 3.05) is 17.7 Å². The summed E-state index contributed by atoms with van der Waals surface area (Å²) >= 11 is 1.94. The lowest BCUT2D eigenvalue weighted by molar-refractivity contribution is 0.620. The van der Waals surface area contributed by atoms with Crippen LogP contribution in [-0.4, -0.2) is 7.05 Å². The van der Waals surface area contributed by atoms with Crippen LogP contribution in [0.2, 0.25) is 0 Å². The van der Waals surface area contributed by atoms with E-state index in [9.17, 15) is 4.39 Å². The summed E-state index contributed by atoms with van der Waals surface area (Å²) in [6.45, 7) is 2.12. The van der Waals surface area contributed by atoms with Gasteiger partial charge in [0.2, 0.25) is 0 Å². The fourth-order valence-electron chi connectivity index (χ4n) is 1.94. The van der Waals surface area contributed by atoms with Crippen LogP contribution in [-0.2, 0) is 6.42 Å². The van der Waals surface area contributed by atoms with Gasteiger partial charge in [0.1, 0.15) is 5.82 Å². The van der Waals surface area contributed by atoms with Gasteiger partial charge in [0.05, 0.1) is 14.9 Å². The van der Waals surface area contributed by atoms with Crippen LogP contribution in [0.25, 0.3) is 0 Å². The van der Waals surface area contributed by atoms with Gasteiger partial charge in [-0.1, -0.05) is 19.1 Å². The Morgan fingerprint density at radius 3 is 2.42 bits per heavy atom. The molecule has 0 fully saturated rings. The quantitative estimate of drug-likeness (QED) is 0.643. The minimum absolute atomic E-state index is 0.248. The van der Waals surface area contributed by atoms with Crippen LogP contribution in [0.15, 0.2) is 36.4 Å². The van der Waals surface area contributed by atoms with Crippen molar-refractivity contribution in [3.05, 3.63) is 51.3 Å². The Bertz CT molecular complexity index is 581. The lowest BCUT2D eigenvalue weighted by Crippen LogP contribution is -2.12. The molecule has 19 heavy (non-hydrogen) atoms. The molecule has 2 aromatic rings. The minimum atomic E-state index is -0.248. The first-order valence-corrected chi connectivity index (χ1v) is 7.18. The summed E-state index contributed by atoms with van der Waals surface area (Å²) in [5.74, 6) is -0.248. The van der Waals surface area contributed by atoms with E-state index < -0.39 is 0 Å². The minimum Gasteiger partial charge on any atom is -0.397 e. The number of benzene rings is 2. The number of nitrogen functional groups attached to an aromatic ring is 1. The van der Waals surface area contributed by atoms with Crippen molar-refractivity contribution in [1.82, 2.24) is 0 Å². The van der Waals surface area contributed by atoms with E-state index in [1.165, 1.54) is 11.6 Å². The summed E-state index contributed by atoms with van der Waals surface area (Å²) < 4.78 is 14.2. The number of halogens is 2. The van der Waals surface area contributed by atoms with E-state index in [2.05, 4.69) is 19.1 Å². The van der Waals surface area contributed by atoms with Gasteiger partial charge in [0.15, 0.2) is 0 Å². The summed E-state index contributed by atoms with van der Waals surface area (Å²) in [5.41, 5.74) is 9.50. The van der Waals surface area contributed by atoms with E-state index in [-0.39, 0.29) is 5.82 Å². The second kappa shape index (κ2) is 5.77. The molecule has 0 radical (unpaired) electrons. The summed E-state index contributed by atoms with van der Waals surface area (Å²) in [6, 6.07) is 11.3. The molecule has 2 N–H and O–H groups in total. The van der Waals surface area contributed by atoms with Gasteiger partial charge < -0.3 is 10.6 Å². The van der Waals surface area contributed by atoms with Gasteiger partial charge >= 0.3 is 0 Å². The number of nitrogens with two attached hydrogens (primary N) is 1. The number of nitrogens with zero attached hydrogens (tertiary/aromatic N) is 1. The maximum atomic E-state index is 13.7. The molecule has 0 heterocycles. The molecule has 0 aliphatic carbocycles. The number of anilines is 3. The third-order valence-corrected chi connectivity index (χ3v) is 3.99. The normalized spacial score (nSPS) is 10.5. The zero-order valence-electron chi connectivity index (χ0n) is 11.0. The van der Waals surface area contributed by atoms with Crippen molar-refractivity contribution in [1.29, 1.82) is 0 Å². The van der Waals surface area contributed by atoms with Crippen LogP contribution in [0.4, 0.5) is 21.5 Å². The van der Waals surface area contributed by atoms with Crippen molar-refractivity contribution in [2.24, 2.45) is 0 Å². The van der Waals surface area contributed by atoms with Crippen LogP contribution < -0.4 is 10.6 Å². The Morgan fingerprint density at radius 2 is 1.84 bits per heavy atom. The first-order valence-electron chi connectivity index (χ1n) is 6.10. The molecule has 0 unspecified atom stereocenters. The molecule has 0 saturated carbocycles. The molecule has 2 aromatic carbocycles. The highest BCUT2D eigenvalue weighted by Crippen LogP contribution is 2.31. The molecule has 0 amide bonds. The largest absolute Gasteiger partial charge is 0.397 e. The third kappa shape index (κ3) is 3.00. The summed E-state index contributed by atoms with van der Waals surface area (Å²) in [4.78, 5) is 1.90. The first-order chi connectivity index (χ1) is 9.02.